The molecule has 1 aliphatic heterocycles. The van der Waals surface area contributed by atoms with E-state index in [1.165, 1.54) is 5.56 Å². The molecule has 1 fully saturated rings. The molecule has 2 unspecified atom stereocenters. The second kappa shape index (κ2) is 9.03. The van der Waals surface area contributed by atoms with Gasteiger partial charge in [0.1, 0.15) is 6.04 Å². The first kappa shape index (κ1) is 18.0. The van der Waals surface area contributed by atoms with Crippen molar-refractivity contribution in [3.63, 3.8) is 0 Å². The molecule has 0 saturated carbocycles. The minimum atomic E-state index is -0.534. The van der Waals surface area contributed by atoms with Crippen LogP contribution in [0.5, 0.6) is 0 Å². The highest BCUT2D eigenvalue weighted by Crippen LogP contribution is 2.27. The van der Waals surface area contributed by atoms with Gasteiger partial charge in [0.25, 0.3) is 0 Å². The maximum Gasteiger partial charge on any atom is 0.241 e. The highest BCUT2D eigenvalue weighted by Gasteiger charge is 2.24. The maximum absolute atomic E-state index is 12.2. The summed E-state index contributed by atoms with van der Waals surface area (Å²) in [6.07, 6.45) is 3.17. The van der Waals surface area contributed by atoms with Crippen molar-refractivity contribution in [2.75, 3.05) is 26.8 Å². The minimum absolute atomic E-state index is 0. The molecule has 5 heteroatoms. The predicted molar refractivity (Wildman–Crippen MR) is 86.7 cm³/mol. The number of carbonyl (C=O) groups excluding carboxylic acids is 1. The highest BCUT2D eigenvalue weighted by molar-refractivity contribution is 5.85. The van der Waals surface area contributed by atoms with Crippen LogP contribution >= 0.6 is 12.4 Å². The van der Waals surface area contributed by atoms with Crippen LogP contribution in [0.1, 0.15) is 30.7 Å². The Morgan fingerprint density at radius 1 is 1.33 bits per heavy atom. The molecule has 1 heterocycles. The number of hydrogen-bond acceptors (Lipinski definition) is 3. The molecular formula is C16H25ClN2O2. The molecule has 118 valence electrons. The first-order valence-electron chi connectivity index (χ1n) is 7.30. The number of nitrogens with two attached hydrogens (primary N) is 1. The van der Waals surface area contributed by atoms with Crippen molar-refractivity contribution in [3.8, 4) is 0 Å². The molecule has 4 nitrogen and oxygen atoms in total. The van der Waals surface area contributed by atoms with Crippen molar-refractivity contribution < 1.29 is 9.53 Å². The normalized spacial score (nSPS) is 20.3. The summed E-state index contributed by atoms with van der Waals surface area (Å²) in [4.78, 5) is 14.1. The van der Waals surface area contributed by atoms with Gasteiger partial charge < -0.3 is 15.4 Å². The van der Waals surface area contributed by atoms with Gasteiger partial charge in [-0.05, 0) is 30.7 Å². The van der Waals surface area contributed by atoms with Gasteiger partial charge in [-0.3, -0.25) is 4.79 Å². The Hall–Kier alpha value is -1.10. The zero-order valence-corrected chi connectivity index (χ0v) is 13.3. The summed E-state index contributed by atoms with van der Waals surface area (Å²) in [5, 5.41) is 0. The van der Waals surface area contributed by atoms with E-state index in [1.54, 1.807) is 7.11 Å². The first-order valence-corrected chi connectivity index (χ1v) is 7.30. The van der Waals surface area contributed by atoms with Crippen molar-refractivity contribution >= 4 is 18.3 Å². The third kappa shape index (κ3) is 4.99. The molecule has 0 aromatic heterocycles. The fourth-order valence-electron chi connectivity index (χ4n) is 2.86. The molecular weight excluding hydrogens is 288 g/mol. The van der Waals surface area contributed by atoms with Gasteiger partial charge in [-0.1, -0.05) is 30.3 Å². The van der Waals surface area contributed by atoms with E-state index in [-0.39, 0.29) is 24.9 Å². The molecule has 2 atom stereocenters. The summed E-state index contributed by atoms with van der Waals surface area (Å²) in [5.74, 6) is 0.563. The smallest absolute Gasteiger partial charge is 0.241 e. The molecule has 1 saturated heterocycles. The van der Waals surface area contributed by atoms with E-state index in [2.05, 4.69) is 24.3 Å². The van der Waals surface area contributed by atoms with E-state index in [0.29, 0.717) is 5.92 Å². The van der Waals surface area contributed by atoms with Crippen molar-refractivity contribution in [1.82, 2.24) is 4.90 Å². The summed E-state index contributed by atoms with van der Waals surface area (Å²) in [6, 6.07) is 10.0. The topological polar surface area (TPSA) is 55.6 Å². The first-order chi connectivity index (χ1) is 9.72. The second-order valence-electron chi connectivity index (χ2n) is 5.43. The summed E-state index contributed by atoms with van der Waals surface area (Å²) >= 11 is 0. The quantitative estimate of drug-likeness (QED) is 0.927. The van der Waals surface area contributed by atoms with E-state index in [0.717, 1.165) is 32.4 Å². The van der Waals surface area contributed by atoms with Crippen LogP contribution in [-0.4, -0.2) is 43.7 Å². The number of ether oxygens (including phenoxy) is 1. The number of hydrogen-bond donors (Lipinski definition) is 1. The zero-order valence-electron chi connectivity index (χ0n) is 12.5. The summed E-state index contributed by atoms with van der Waals surface area (Å²) in [5.41, 5.74) is 7.22. The Morgan fingerprint density at radius 3 is 2.71 bits per heavy atom. The molecule has 2 N–H and O–H groups in total. The largest absolute Gasteiger partial charge is 0.383 e. The Bertz CT molecular complexity index is 428. The number of carbonyl (C=O) groups is 1. The molecule has 1 aromatic rings. The van der Waals surface area contributed by atoms with E-state index >= 15 is 0 Å². The number of amides is 1. The zero-order chi connectivity index (χ0) is 14.4. The Labute approximate surface area is 133 Å². The molecule has 0 radical (unpaired) electrons. The molecule has 1 aliphatic rings. The van der Waals surface area contributed by atoms with Gasteiger partial charge in [-0.25, -0.2) is 0 Å². The number of rotatable bonds is 4. The lowest BCUT2D eigenvalue weighted by atomic mass is 9.92. The number of methoxy groups -OCH3 is 1. The minimum Gasteiger partial charge on any atom is -0.383 e. The molecule has 1 aromatic carbocycles. The van der Waals surface area contributed by atoms with Crippen molar-refractivity contribution in [1.29, 1.82) is 0 Å². The number of halogens is 1. The molecule has 0 spiro atoms. The number of nitrogens with zero attached hydrogens (tertiary/aromatic N) is 1. The average molecular weight is 313 g/mol. The van der Waals surface area contributed by atoms with Crippen LogP contribution in [-0.2, 0) is 9.53 Å². The predicted octanol–water partition coefficient (Wildman–Crippen LogP) is 2.18. The second-order valence-corrected chi connectivity index (χ2v) is 5.43. The van der Waals surface area contributed by atoms with Crippen LogP contribution in [0.4, 0.5) is 0 Å². The molecule has 1 amide bonds. The van der Waals surface area contributed by atoms with E-state index in [9.17, 15) is 4.79 Å². The summed E-state index contributed by atoms with van der Waals surface area (Å²) in [7, 11) is 1.57. The number of likely N-dealkylation sites (tertiary alicyclic amines) is 1. The standard InChI is InChI=1S/C16H24N2O2.ClH/c1-20-12-15(17)16(19)18-10-5-8-14(9-11-18)13-6-3-2-4-7-13;/h2-4,6-7,14-15H,5,8-12,17H2,1H3;1H. The Morgan fingerprint density at radius 2 is 2.05 bits per heavy atom. The molecule has 2 rings (SSSR count). The van der Waals surface area contributed by atoms with Crippen LogP contribution in [0.15, 0.2) is 30.3 Å². The fraction of sp³-hybridized carbons (Fsp3) is 0.562. The monoisotopic (exact) mass is 312 g/mol. The van der Waals surface area contributed by atoms with Gasteiger partial charge in [-0.15, -0.1) is 12.4 Å². The van der Waals surface area contributed by atoms with Crippen LogP contribution < -0.4 is 5.73 Å². The van der Waals surface area contributed by atoms with Gasteiger partial charge in [0.15, 0.2) is 0 Å². The van der Waals surface area contributed by atoms with Gasteiger partial charge >= 0.3 is 0 Å². The number of benzene rings is 1. The lowest BCUT2D eigenvalue weighted by Crippen LogP contribution is -2.46. The van der Waals surface area contributed by atoms with Crippen molar-refractivity contribution in [3.05, 3.63) is 35.9 Å². The van der Waals surface area contributed by atoms with Gasteiger partial charge in [0.05, 0.1) is 6.61 Å². The summed E-state index contributed by atoms with van der Waals surface area (Å²) in [6.45, 7) is 1.88. The van der Waals surface area contributed by atoms with Crippen LogP contribution in [0.2, 0.25) is 0 Å². The van der Waals surface area contributed by atoms with Crippen molar-refractivity contribution in [2.24, 2.45) is 5.73 Å². The molecule has 0 aliphatic carbocycles. The average Bonchev–Trinajstić information content (AvgIpc) is 2.73. The van der Waals surface area contributed by atoms with E-state index in [1.807, 2.05) is 11.0 Å². The molecule has 21 heavy (non-hydrogen) atoms. The Kier molecular flexibility index (Phi) is 7.72. The summed E-state index contributed by atoms with van der Waals surface area (Å²) < 4.78 is 4.96. The molecule has 0 bridgehead atoms. The lowest BCUT2D eigenvalue weighted by Gasteiger charge is -2.24. The lowest BCUT2D eigenvalue weighted by molar-refractivity contribution is -0.133. The van der Waals surface area contributed by atoms with Gasteiger partial charge in [0, 0.05) is 20.2 Å². The maximum atomic E-state index is 12.2. The van der Waals surface area contributed by atoms with Gasteiger partial charge in [-0.2, -0.15) is 0 Å². The van der Waals surface area contributed by atoms with Crippen molar-refractivity contribution in [2.45, 2.75) is 31.2 Å². The van der Waals surface area contributed by atoms with Gasteiger partial charge in [0.2, 0.25) is 5.91 Å². The van der Waals surface area contributed by atoms with E-state index in [4.69, 9.17) is 10.5 Å². The SMILES string of the molecule is COCC(N)C(=O)N1CCCC(c2ccccc2)CC1.Cl. The van der Waals surface area contributed by atoms with Crippen LogP contribution in [0.25, 0.3) is 0 Å². The van der Waals surface area contributed by atoms with Crippen LogP contribution in [0, 0.1) is 0 Å². The Balaban J connectivity index is 0.00000220. The highest BCUT2D eigenvalue weighted by atomic mass is 35.5. The third-order valence-corrected chi connectivity index (χ3v) is 3.97. The van der Waals surface area contributed by atoms with Crippen LogP contribution in [0.3, 0.4) is 0 Å². The third-order valence-electron chi connectivity index (χ3n) is 3.97. The fourth-order valence-corrected chi connectivity index (χ4v) is 2.86. The van der Waals surface area contributed by atoms with E-state index < -0.39 is 6.04 Å².